The van der Waals surface area contributed by atoms with Gasteiger partial charge in [0.05, 0.1) is 19.3 Å². The Balaban J connectivity index is 1.76. The van der Waals surface area contributed by atoms with Crippen molar-refractivity contribution in [3.8, 4) is 0 Å². The van der Waals surface area contributed by atoms with E-state index in [0.29, 0.717) is 19.6 Å². The highest BCUT2D eigenvalue weighted by molar-refractivity contribution is 4.77. The van der Waals surface area contributed by atoms with Crippen LogP contribution >= 0.6 is 0 Å². The first-order chi connectivity index (χ1) is 8.22. The van der Waals surface area contributed by atoms with Gasteiger partial charge in [-0.1, -0.05) is 13.3 Å². The molecule has 0 aromatic carbocycles. The molecule has 17 heavy (non-hydrogen) atoms. The van der Waals surface area contributed by atoms with Gasteiger partial charge in [0.25, 0.3) is 0 Å². The van der Waals surface area contributed by atoms with E-state index in [0.717, 1.165) is 38.5 Å². The summed E-state index contributed by atoms with van der Waals surface area (Å²) in [5.74, 6) is -0.951. The maximum absolute atomic E-state index is 10.4. The van der Waals surface area contributed by atoms with E-state index in [1.165, 1.54) is 0 Å². The second kappa shape index (κ2) is 6.14. The Morgan fingerprint density at radius 2 is 2.00 bits per heavy atom. The molecule has 4 nitrogen and oxygen atoms in total. The van der Waals surface area contributed by atoms with Crippen LogP contribution in [0, 0.1) is 0 Å². The highest BCUT2D eigenvalue weighted by Gasteiger charge is 2.35. The van der Waals surface area contributed by atoms with Crippen LogP contribution in [-0.4, -0.2) is 36.5 Å². The largest absolute Gasteiger partial charge is 0.365 e. The second-order valence-electron chi connectivity index (χ2n) is 5.08. The summed E-state index contributed by atoms with van der Waals surface area (Å²) in [5, 5.41) is 10.4. The summed E-state index contributed by atoms with van der Waals surface area (Å²) in [6.45, 7) is 3.49. The lowest BCUT2D eigenvalue weighted by Gasteiger charge is -2.37. The van der Waals surface area contributed by atoms with Crippen LogP contribution in [-0.2, 0) is 14.2 Å². The van der Waals surface area contributed by atoms with Gasteiger partial charge in [0.1, 0.15) is 0 Å². The SMILES string of the molecule is CCC[C@H]1CCCC(O)(CCC2OCCO2)O1. The summed E-state index contributed by atoms with van der Waals surface area (Å²) in [6, 6.07) is 0. The van der Waals surface area contributed by atoms with Crippen molar-refractivity contribution >= 4 is 0 Å². The molecule has 2 rings (SSSR count). The van der Waals surface area contributed by atoms with Gasteiger partial charge < -0.3 is 19.3 Å². The van der Waals surface area contributed by atoms with Crippen molar-refractivity contribution in [3.05, 3.63) is 0 Å². The predicted octanol–water partition coefficient (Wildman–Crippen LogP) is 2.20. The normalized spacial score (nSPS) is 35.3. The van der Waals surface area contributed by atoms with E-state index in [1.807, 2.05) is 0 Å². The molecule has 2 atom stereocenters. The first-order valence-corrected chi connectivity index (χ1v) is 6.85. The van der Waals surface area contributed by atoms with Crippen LogP contribution in [0.15, 0.2) is 0 Å². The number of hydrogen-bond donors (Lipinski definition) is 1. The van der Waals surface area contributed by atoms with Gasteiger partial charge >= 0.3 is 0 Å². The van der Waals surface area contributed by atoms with Gasteiger partial charge in [0, 0.05) is 19.3 Å². The van der Waals surface area contributed by atoms with Crippen molar-refractivity contribution in [2.75, 3.05) is 13.2 Å². The minimum absolute atomic E-state index is 0.144. The van der Waals surface area contributed by atoms with Crippen LogP contribution in [0.1, 0.15) is 51.9 Å². The van der Waals surface area contributed by atoms with E-state index >= 15 is 0 Å². The topological polar surface area (TPSA) is 47.9 Å². The average molecular weight is 244 g/mol. The maximum atomic E-state index is 10.4. The van der Waals surface area contributed by atoms with Crippen LogP contribution in [0.3, 0.4) is 0 Å². The summed E-state index contributed by atoms with van der Waals surface area (Å²) < 4.78 is 16.6. The number of aliphatic hydroxyl groups is 1. The molecule has 0 saturated carbocycles. The average Bonchev–Trinajstić information content (AvgIpc) is 2.80. The van der Waals surface area contributed by atoms with Crippen LogP contribution in [0.5, 0.6) is 0 Å². The van der Waals surface area contributed by atoms with Crippen LogP contribution in [0.25, 0.3) is 0 Å². The Morgan fingerprint density at radius 3 is 2.71 bits per heavy atom. The zero-order valence-corrected chi connectivity index (χ0v) is 10.7. The molecule has 100 valence electrons. The molecular weight excluding hydrogens is 220 g/mol. The molecule has 0 spiro atoms. The molecular formula is C13H24O4. The molecule has 2 aliphatic heterocycles. The van der Waals surface area contributed by atoms with E-state index in [4.69, 9.17) is 14.2 Å². The Bertz CT molecular complexity index is 225. The second-order valence-corrected chi connectivity index (χ2v) is 5.08. The lowest BCUT2D eigenvalue weighted by atomic mass is 9.95. The first kappa shape index (κ1) is 13.3. The van der Waals surface area contributed by atoms with Crippen molar-refractivity contribution in [3.63, 3.8) is 0 Å². The van der Waals surface area contributed by atoms with Crippen LogP contribution in [0.2, 0.25) is 0 Å². The maximum Gasteiger partial charge on any atom is 0.165 e. The third kappa shape index (κ3) is 3.91. The fourth-order valence-corrected chi connectivity index (χ4v) is 2.66. The highest BCUT2D eigenvalue weighted by Crippen LogP contribution is 2.33. The molecule has 2 saturated heterocycles. The van der Waals surface area contributed by atoms with Gasteiger partial charge in [0.15, 0.2) is 12.1 Å². The fourth-order valence-electron chi connectivity index (χ4n) is 2.66. The van der Waals surface area contributed by atoms with E-state index in [1.54, 1.807) is 0 Å². The Hall–Kier alpha value is -0.160. The summed E-state index contributed by atoms with van der Waals surface area (Å²) in [6.07, 6.45) is 6.42. The van der Waals surface area contributed by atoms with E-state index in [-0.39, 0.29) is 12.4 Å². The van der Waals surface area contributed by atoms with Gasteiger partial charge in [-0.15, -0.1) is 0 Å². The Labute approximate surface area is 103 Å². The molecule has 0 aliphatic carbocycles. The molecule has 0 bridgehead atoms. The lowest BCUT2D eigenvalue weighted by Crippen LogP contribution is -2.41. The number of ether oxygens (including phenoxy) is 3. The van der Waals surface area contributed by atoms with Gasteiger partial charge in [-0.3, -0.25) is 0 Å². The third-order valence-corrected chi connectivity index (χ3v) is 3.55. The van der Waals surface area contributed by atoms with Crippen LogP contribution in [0.4, 0.5) is 0 Å². The predicted molar refractivity (Wildman–Crippen MR) is 63.5 cm³/mol. The molecule has 1 unspecified atom stereocenters. The van der Waals surface area contributed by atoms with Gasteiger partial charge in [-0.2, -0.15) is 0 Å². The highest BCUT2D eigenvalue weighted by atomic mass is 16.7. The lowest BCUT2D eigenvalue weighted by molar-refractivity contribution is -0.262. The summed E-state index contributed by atoms with van der Waals surface area (Å²) in [7, 11) is 0. The van der Waals surface area contributed by atoms with Gasteiger partial charge in [-0.25, -0.2) is 0 Å². The Kier molecular flexibility index (Phi) is 4.79. The van der Waals surface area contributed by atoms with Crippen LogP contribution < -0.4 is 0 Å². The van der Waals surface area contributed by atoms with Crippen molar-refractivity contribution < 1.29 is 19.3 Å². The molecule has 0 aromatic rings. The molecule has 1 N–H and O–H groups in total. The molecule has 0 radical (unpaired) electrons. The van der Waals surface area contributed by atoms with E-state index in [2.05, 4.69) is 6.92 Å². The number of hydrogen-bond acceptors (Lipinski definition) is 4. The standard InChI is InChI=1S/C13H24O4/c1-2-4-11-5-3-7-13(14,17-11)8-6-12-15-9-10-16-12/h11-12,14H,2-10H2,1H3/t11-,13?/m0/s1. The monoisotopic (exact) mass is 244 g/mol. The smallest absolute Gasteiger partial charge is 0.165 e. The van der Waals surface area contributed by atoms with Crippen molar-refractivity contribution in [1.29, 1.82) is 0 Å². The van der Waals surface area contributed by atoms with Crippen molar-refractivity contribution in [2.45, 2.75) is 70.1 Å². The first-order valence-electron chi connectivity index (χ1n) is 6.85. The quantitative estimate of drug-likeness (QED) is 0.805. The minimum Gasteiger partial charge on any atom is -0.365 e. The zero-order chi connectivity index (χ0) is 12.1. The van der Waals surface area contributed by atoms with Gasteiger partial charge in [-0.05, 0) is 19.3 Å². The number of rotatable bonds is 5. The van der Waals surface area contributed by atoms with E-state index in [9.17, 15) is 5.11 Å². The molecule has 0 amide bonds. The van der Waals surface area contributed by atoms with E-state index < -0.39 is 5.79 Å². The fraction of sp³-hybridized carbons (Fsp3) is 1.00. The van der Waals surface area contributed by atoms with Gasteiger partial charge in [0.2, 0.25) is 0 Å². The van der Waals surface area contributed by atoms with Crippen molar-refractivity contribution in [2.24, 2.45) is 0 Å². The zero-order valence-electron chi connectivity index (χ0n) is 10.7. The minimum atomic E-state index is -0.951. The molecule has 0 aromatic heterocycles. The Morgan fingerprint density at radius 1 is 1.24 bits per heavy atom. The molecule has 2 aliphatic rings. The molecule has 2 heterocycles. The molecule has 4 heteroatoms. The van der Waals surface area contributed by atoms with Crippen molar-refractivity contribution in [1.82, 2.24) is 0 Å². The summed E-state index contributed by atoms with van der Waals surface area (Å²) in [5.41, 5.74) is 0. The summed E-state index contributed by atoms with van der Waals surface area (Å²) in [4.78, 5) is 0. The third-order valence-electron chi connectivity index (χ3n) is 3.55. The molecule has 2 fully saturated rings. The summed E-state index contributed by atoms with van der Waals surface area (Å²) >= 11 is 0.